The molecular weight excluding hydrogens is 522 g/mol. The van der Waals surface area contributed by atoms with E-state index in [2.05, 4.69) is 51.5 Å². The highest BCUT2D eigenvalue weighted by Gasteiger charge is 2.33. The lowest BCUT2D eigenvalue weighted by molar-refractivity contribution is 0.0363. The number of rotatable bonds is 8. The molecule has 0 unspecified atom stereocenters. The number of benzene rings is 2. The Morgan fingerprint density at radius 3 is 2.12 bits per heavy atom. The van der Waals surface area contributed by atoms with Crippen LogP contribution in [-0.4, -0.2) is 44.0 Å². The Labute approximate surface area is 239 Å². The Bertz CT molecular complexity index is 1490. The van der Waals surface area contributed by atoms with Crippen LogP contribution in [0.1, 0.15) is 64.5 Å². The first-order valence-corrected chi connectivity index (χ1v) is 13.6. The molecule has 1 aliphatic carbocycles. The van der Waals surface area contributed by atoms with Gasteiger partial charge in [-0.1, -0.05) is 38.1 Å². The number of aryl methyl sites for hydroxylation is 1. The molecule has 1 fully saturated rings. The maximum Gasteiger partial charge on any atom is 0.407 e. The van der Waals surface area contributed by atoms with Crippen molar-refractivity contribution in [3.63, 3.8) is 0 Å². The molecule has 214 valence electrons. The minimum absolute atomic E-state index is 0.0714. The van der Waals surface area contributed by atoms with Crippen LogP contribution in [0.4, 0.5) is 4.79 Å². The molecule has 4 aromatic rings. The van der Waals surface area contributed by atoms with Crippen molar-refractivity contribution in [1.82, 2.24) is 25.5 Å². The van der Waals surface area contributed by atoms with Crippen molar-refractivity contribution in [1.29, 1.82) is 0 Å². The van der Waals surface area contributed by atoms with Gasteiger partial charge in [-0.15, -0.1) is 10.2 Å². The Kier molecular flexibility index (Phi) is 7.66. The Morgan fingerprint density at radius 2 is 1.54 bits per heavy atom. The topological polar surface area (TPSA) is 121 Å². The first kappa shape index (κ1) is 28.1. The van der Waals surface area contributed by atoms with Gasteiger partial charge >= 0.3 is 12.1 Å². The fraction of sp³-hybridized carbons (Fsp3) is 0.387. The van der Waals surface area contributed by atoms with Gasteiger partial charge in [-0.05, 0) is 62.2 Å². The van der Waals surface area contributed by atoms with Gasteiger partial charge in [0.1, 0.15) is 28.9 Å². The standard InChI is InChI=1S/C31H35N5O5/c1-19-35-36-27(38-19)26-15-16-32-28(34-26)40-24-13-9-21(10-14-24)31(5,6)20-7-11-23(12-8-20)39-25-17-22(18-25)33-29(37)41-30(2,3)4/h7-16,22,25H,17-18H2,1-6H3,(H,33,37). The average molecular weight is 558 g/mol. The Hall–Kier alpha value is -4.47. The molecule has 0 saturated heterocycles. The maximum atomic E-state index is 11.9. The van der Waals surface area contributed by atoms with E-state index in [0.717, 1.165) is 29.7 Å². The van der Waals surface area contributed by atoms with E-state index < -0.39 is 5.60 Å². The first-order valence-electron chi connectivity index (χ1n) is 13.6. The summed E-state index contributed by atoms with van der Waals surface area (Å²) in [5, 5.41) is 10.7. The van der Waals surface area contributed by atoms with Crippen molar-refractivity contribution in [3.8, 4) is 29.1 Å². The molecule has 0 aliphatic heterocycles. The second-order valence-electron chi connectivity index (χ2n) is 11.7. The zero-order valence-electron chi connectivity index (χ0n) is 24.2. The van der Waals surface area contributed by atoms with Crippen molar-refractivity contribution in [2.24, 2.45) is 0 Å². The third-order valence-electron chi connectivity index (χ3n) is 6.86. The molecule has 0 radical (unpaired) electrons. The summed E-state index contributed by atoms with van der Waals surface area (Å²) in [5.41, 5.74) is 2.03. The molecule has 5 rings (SSSR count). The van der Waals surface area contributed by atoms with Crippen molar-refractivity contribution in [2.75, 3.05) is 0 Å². The summed E-state index contributed by atoms with van der Waals surface area (Å²) in [6.07, 6.45) is 2.79. The van der Waals surface area contributed by atoms with E-state index in [0.29, 0.717) is 23.2 Å². The summed E-state index contributed by atoms with van der Waals surface area (Å²) in [7, 11) is 0. The third kappa shape index (κ3) is 7.00. The van der Waals surface area contributed by atoms with E-state index >= 15 is 0 Å². The number of carbonyl (C=O) groups is 1. The van der Waals surface area contributed by atoms with Crippen LogP contribution in [0.5, 0.6) is 17.5 Å². The number of alkyl carbamates (subject to hydrolysis) is 1. The molecule has 2 aromatic heterocycles. The maximum absolute atomic E-state index is 11.9. The Morgan fingerprint density at radius 1 is 0.902 bits per heavy atom. The van der Waals surface area contributed by atoms with Gasteiger partial charge in [-0.25, -0.2) is 9.78 Å². The average Bonchev–Trinajstić information content (AvgIpc) is 3.33. The molecule has 10 heteroatoms. The van der Waals surface area contributed by atoms with Crippen LogP contribution >= 0.6 is 0 Å². The van der Waals surface area contributed by atoms with E-state index in [4.69, 9.17) is 18.6 Å². The van der Waals surface area contributed by atoms with E-state index in [1.54, 1.807) is 19.2 Å². The molecule has 10 nitrogen and oxygen atoms in total. The van der Waals surface area contributed by atoms with Gasteiger partial charge in [-0.2, -0.15) is 4.98 Å². The molecule has 1 N–H and O–H groups in total. The van der Waals surface area contributed by atoms with Crippen LogP contribution in [0.15, 0.2) is 65.2 Å². The summed E-state index contributed by atoms with van der Waals surface area (Å²) in [4.78, 5) is 20.5. The van der Waals surface area contributed by atoms with Crippen LogP contribution < -0.4 is 14.8 Å². The molecule has 0 spiro atoms. The van der Waals surface area contributed by atoms with E-state index in [-0.39, 0.29) is 29.7 Å². The molecule has 2 heterocycles. The van der Waals surface area contributed by atoms with Crippen LogP contribution in [0.2, 0.25) is 0 Å². The number of hydrogen-bond acceptors (Lipinski definition) is 9. The minimum atomic E-state index is -0.506. The first-order chi connectivity index (χ1) is 19.4. The van der Waals surface area contributed by atoms with Gasteiger partial charge < -0.3 is 23.9 Å². The zero-order chi connectivity index (χ0) is 29.2. The minimum Gasteiger partial charge on any atom is -0.490 e. The van der Waals surface area contributed by atoms with Crippen molar-refractivity contribution in [3.05, 3.63) is 77.8 Å². The van der Waals surface area contributed by atoms with E-state index in [1.807, 2.05) is 57.2 Å². The van der Waals surface area contributed by atoms with Crippen LogP contribution in [0.25, 0.3) is 11.6 Å². The fourth-order valence-corrected chi connectivity index (χ4v) is 4.52. The van der Waals surface area contributed by atoms with Crippen molar-refractivity contribution in [2.45, 2.75) is 77.5 Å². The molecule has 0 bridgehead atoms. The molecule has 1 aliphatic rings. The van der Waals surface area contributed by atoms with Gasteiger partial charge in [-0.3, -0.25) is 0 Å². The molecule has 2 aromatic carbocycles. The predicted molar refractivity (Wildman–Crippen MR) is 152 cm³/mol. The SMILES string of the molecule is Cc1nnc(-c2ccnc(Oc3ccc(C(C)(C)c4ccc(OC5CC(NC(=O)OC(C)(C)C)C5)cc4)cc3)n2)o1. The number of carbonyl (C=O) groups excluding carboxylic acids is 1. The molecule has 1 amide bonds. The van der Waals surface area contributed by atoms with Gasteiger partial charge in [0.2, 0.25) is 5.89 Å². The normalized spacial score (nSPS) is 16.9. The molecule has 1 saturated carbocycles. The van der Waals surface area contributed by atoms with Crippen LogP contribution in [0, 0.1) is 6.92 Å². The largest absolute Gasteiger partial charge is 0.490 e. The van der Waals surface area contributed by atoms with Crippen LogP contribution in [0.3, 0.4) is 0 Å². The highest BCUT2D eigenvalue weighted by molar-refractivity contribution is 5.68. The quantitative estimate of drug-likeness (QED) is 0.263. The van der Waals surface area contributed by atoms with Gasteiger partial charge in [0, 0.05) is 37.4 Å². The smallest absolute Gasteiger partial charge is 0.407 e. The summed E-state index contributed by atoms with van der Waals surface area (Å²) in [6.45, 7) is 11.6. The highest BCUT2D eigenvalue weighted by atomic mass is 16.6. The second-order valence-corrected chi connectivity index (χ2v) is 11.7. The second kappa shape index (κ2) is 11.2. The number of amides is 1. The predicted octanol–water partition coefficient (Wildman–Crippen LogP) is 6.39. The molecule has 0 atom stereocenters. The highest BCUT2D eigenvalue weighted by Crippen LogP contribution is 2.35. The van der Waals surface area contributed by atoms with Crippen LogP contribution in [-0.2, 0) is 10.2 Å². The summed E-state index contributed by atoms with van der Waals surface area (Å²) in [6, 6.07) is 18.0. The summed E-state index contributed by atoms with van der Waals surface area (Å²) in [5.74, 6) is 2.21. The lowest BCUT2D eigenvalue weighted by Gasteiger charge is -2.36. The lowest BCUT2D eigenvalue weighted by Crippen LogP contribution is -2.50. The number of hydrogen-bond donors (Lipinski definition) is 1. The van der Waals surface area contributed by atoms with Gasteiger partial charge in [0.15, 0.2) is 0 Å². The van der Waals surface area contributed by atoms with Crippen molar-refractivity contribution >= 4 is 6.09 Å². The monoisotopic (exact) mass is 557 g/mol. The third-order valence-corrected chi connectivity index (χ3v) is 6.86. The number of aromatic nitrogens is 4. The number of ether oxygens (including phenoxy) is 3. The number of nitrogens with one attached hydrogen (secondary N) is 1. The van der Waals surface area contributed by atoms with Gasteiger partial charge in [0.05, 0.1) is 0 Å². The Balaban J connectivity index is 1.15. The zero-order valence-corrected chi connectivity index (χ0v) is 24.2. The summed E-state index contributed by atoms with van der Waals surface area (Å²) < 4.78 is 22.8. The lowest BCUT2D eigenvalue weighted by atomic mass is 9.78. The molecular formula is C31H35N5O5. The molecule has 41 heavy (non-hydrogen) atoms. The van der Waals surface area contributed by atoms with E-state index in [9.17, 15) is 4.79 Å². The van der Waals surface area contributed by atoms with Crippen molar-refractivity contribution < 1.29 is 23.4 Å². The number of nitrogens with zero attached hydrogens (tertiary/aromatic N) is 4. The van der Waals surface area contributed by atoms with E-state index in [1.165, 1.54) is 0 Å². The fourth-order valence-electron chi connectivity index (χ4n) is 4.52. The summed E-state index contributed by atoms with van der Waals surface area (Å²) >= 11 is 0. The van der Waals surface area contributed by atoms with Gasteiger partial charge in [0.25, 0.3) is 5.89 Å².